The Kier molecular flexibility index (Phi) is 7.57. The molecule has 1 aliphatic heterocycles. The number of likely N-dealkylation sites (N-methyl/N-ethyl adjacent to an activating group) is 1. The third-order valence-corrected chi connectivity index (χ3v) is 6.45. The molecule has 39 heavy (non-hydrogen) atoms. The first-order chi connectivity index (χ1) is 18.9. The van der Waals surface area contributed by atoms with E-state index >= 15 is 0 Å². The van der Waals surface area contributed by atoms with Crippen LogP contribution in [-0.2, 0) is 11.3 Å². The molecule has 1 aromatic carbocycles. The van der Waals surface area contributed by atoms with Crippen molar-refractivity contribution in [1.29, 1.82) is 0 Å². The average Bonchev–Trinajstić information content (AvgIpc) is 3.38. The van der Waals surface area contributed by atoms with Crippen LogP contribution in [0.3, 0.4) is 0 Å². The third-order valence-electron chi connectivity index (χ3n) is 6.45. The number of esters is 1. The van der Waals surface area contributed by atoms with E-state index in [4.69, 9.17) is 4.74 Å². The molecule has 0 saturated carbocycles. The largest absolute Gasteiger partial charge is 0.464 e. The lowest BCUT2D eigenvalue weighted by molar-refractivity contribution is 0.0594. The molecule has 0 unspecified atom stereocenters. The van der Waals surface area contributed by atoms with Crippen LogP contribution >= 0.6 is 0 Å². The fourth-order valence-electron chi connectivity index (χ4n) is 4.24. The number of hydrogen-bond donors (Lipinski definition) is 3. The number of aromatic amines is 1. The van der Waals surface area contributed by atoms with Crippen molar-refractivity contribution in [1.82, 2.24) is 29.7 Å². The molecule has 200 valence electrons. The predicted octanol–water partition coefficient (Wildman–Crippen LogP) is 2.39. The number of carbonyl (C=O) groups excluding carboxylic acids is 3. The van der Waals surface area contributed by atoms with Crippen molar-refractivity contribution in [3.63, 3.8) is 0 Å². The quantitative estimate of drug-likeness (QED) is 0.308. The Morgan fingerprint density at radius 3 is 2.49 bits per heavy atom. The Morgan fingerprint density at radius 1 is 0.974 bits per heavy atom. The Hall–Kier alpha value is -4.68. The second-order valence-corrected chi connectivity index (χ2v) is 9.29. The molecular weight excluding hydrogens is 500 g/mol. The lowest BCUT2D eigenvalue weighted by atomic mass is 10.1. The van der Waals surface area contributed by atoms with Crippen molar-refractivity contribution in [2.45, 2.75) is 6.54 Å². The van der Waals surface area contributed by atoms with Gasteiger partial charge in [0, 0.05) is 49.9 Å². The highest BCUT2D eigenvalue weighted by Crippen LogP contribution is 2.19. The zero-order valence-electron chi connectivity index (χ0n) is 21.6. The first-order valence-electron chi connectivity index (χ1n) is 12.4. The number of pyridine rings is 1. The molecular formula is C27H28N8O4. The van der Waals surface area contributed by atoms with E-state index in [2.05, 4.69) is 47.4 Å². The van der Waals surface area contributed by atoms with E-state index in [0.717, 1.165) is 38.3 Å². The number of amides is 2. The van der Waals surface area contributed by atoms with Gasteiger partial charge in [-0.3, -0.25) is 14.5 Å². The summed E-state index contributed by atoms with van der Waals surface area (Å²) in [4.78, 5) is 57.3. The fourth-order valence-corrected chi connectivity index (χ4v) is 4.24. The summed E-state index contributed by atoms with van der Waals surface area (Å²) in [7, 11) is 3.42. The van der Waals surface area contributed by atoms with E-state index < -0.39 is 11.9 Å². The lowest BCUT2D eigenvalue weighted by Crippen LogP contribution is -2.43. The number of benzene rings is 1. The fraction of sp³-hybridized carbons (Fsp3) is 0.259. The van der Waals surface area contributed by atoms with Gasteiger partial charge >= 0.3 is 5.97 Å². The molecule has 4 heterocycles. The van der Waals surface area contributed by atoms with Crippen LogP contribution in [0.4, 0.5) is 11.5 Å². The van der Waals surface area contributed by atoms with Gasteiger partial charge in [-0.05, 0) is 42.9 Å². The first-order valence-corrected chi connectivity index (χ1v) is 12.4. The molecule has 2 amide bonds. The summed E-state index contributed by atoms with van der Waals surface area (Å²) in [6.45, 7) is 5.00. The predicted molar refractivity (Wildman–Crippen MR) is 145 cm³/mol. The summed E-state index contributed by atoms with van der Waals surface area (Å²) in [6, 6.07) is 12.2. The number of methoxy groups -OCH3 is 1. The number of fused-ring (bicyclic) bond motifs is 1. The van der Waals surface area contributed by atoms with Crippen molar-refractivity contribution >= 4 is 40.3 Å². The second kappa shape index (κ2) is 11.4. The van der Waals surface area contributed by atoms with E-state index in [-0.39, 0.29) is 23.2 Å². The average molecular weight is 529 g/mol. The molecule has 1 fully saturated rings. The summed E-state index contributed by atoms with van der Waals surface area (Å²) in [5, 5.41) is 6.02. The first kappa shape index (κ1) is 25.9. The normalized spacial score (nSPS) is 14.2. The van der Waals surface area contributed by atoms with E-state index in [0.29, 0.717) is 22.3 Å². The molecule has 0 spiro atoms. The van der Waals surface area contributed by atoms with Crippen molar-refractivity contribution in [3.8, 4) is 0 Å². The maximum atomic E-state index is 12.8. The number of nitrogens with zero attached hydrogens (tertiary/aromatic N) is 5. The zero-order valence-corrected chi connectivity index (χ0v) is 21.6. The van der Waals surface area contributed by atoms with Crippen molar-refractivity contribution in [2.24, 2.45) is 0 Å². The van der Waals surface area contributed by atoms with E-state index in [1.54, 1.807) is 24.3 Å². The Balaban J connectivity index is 1.20. The minimum absolute atomic E-state index is 0.125. The molecule has 12 nitrogen and oxygen atoms in total. The molecule has 0 atom stereocenters. The summed E-state index contributed by atoms with van der Waals surface area (Å²) >= 11 is 0. The molecule has 1 saturated heterocycles. The van der Waals surface area contributed by atoms with Gasteiger partial charge in [0.25, 0.3) is 11.8 Å². The van der Waals surface area contributed by atoms with Gasteiger partial charge in [0.05, 0.1) is 19.0 Å². The monoisotopic (exact) mass is 528 g/mol. The second-order valence-electron chi connectivity index (χ2n) is 9.29. The van der Waals surface area contributed by atoms with Crippen molar-refractivity contribution < 1.29 is 19.1 Å². The van der Waals surface area contributed by atoms with Gasteiger partial charge in [0.1, 0.15) is 17.2 Å². The van der Waals surface area contributed by atoms with Gasteiger partial charge in [0.2, 0.25) is 5.82 Å². The number of ether oxygens (including phenoxy) is 1. The third kappa shape index (κ3) is 6.25. The molecule has 0 bridgehead atoms. The van der Waals surface area contributed by atoms with E-state index in [9.17, 15) is 14.4 Å². The molecule has 12 heteroatoms. The number of H-pyrrole nitrogens is 1. The minimum atomic E-state index is -0.579. The van der Waals surface area contributed by atoms with Crippen LogP contribution in [0.15, 0.2) is 54.9 Å². The summed E-state index contributed by atoms with van der Waals surface area (Å²) < 4.78 is 4.70. The van der Waals surface area contributed by atoms with Gasteiger partial charge < -0.3 is 25.3 Å². The summed E-state index contributed by atoms with van der Waals surface area (Å²) in [5.74, 6) is -1.37. The SMILES string of the molecule is COC(=O)c1cc2cc(NC(=O)c3nccc(NC(=O)c4ccc(CN5CCN(C)CC5)cc4)n3)cnc2[nH]1. The van der Waals surface area contributed by atoms with Crippen LogP contribution in [-0.4, -0.2) is 87.9 Å². The molecule has 0 aliphatic carbocycles. The van der Waals surface area contributed by atoms with Crippen LogP contribution < -0.4 is 10.6 Å². The Bertz CT molecular complexity index is 1510. The molecule has 5 rings (SSSR count). The molecule has 3 aromatic heterocycles. The van der Waals surface area contributed by atoms with E-state index in [1.165, 1.54) is 25.6 Å². The van der Waals surface area contributed by atoms with Gasteiger partial charge in [-0.2, -0.15) is 0 Å². The standard InChI is InChI=1S/C27H28N8O4/c1-34-9-11-35(12-10-34)16-17-3-5-18(6-4-17)25(36)33-22-7-8-28-24(32-22)26(37)30-20-13-19-14-21(27(38)39-2)31-23(19)29-15-20/h3-8,13-15H,9-12,16H2,1-2H3,(H,29,31)(H,30,37)(H,28,32,33,36). The van der Waals surface area contributed by atoms with Crippen LogP contribution in [0.25, 0.3) is 11.0 Å². The highest BCUT2D eigenvalue weighted by molar-refractivity contribution is 6.05. The topological polar surface area (TPSA) is 145 Å². The number of hydrogen-bond acceptors (Lipinski definition) is 9. The maximum Gasteiger partial charge on any atom is 0.354 e. The summed E-state index contributed by atoms with van der Waals surface area (Å²) in [6.07, 6.45) is 2.84. The van der Waals surface area contributed by atoms with Gasteiger partial charge in [-0.1, -0.05) is 12.1 Å². The minimum Gasteiger partial charge on any atom is -0.464 e. The number of anilines is 2. The number of piperazine rings is 1. The molecule has 4 aromatic rings. The molecule has 1 aliphatic rings. The number of nitrogens with one attached hydrogen (secondary N) is 3. The Labute approximate surface area is 224 Å². The highest BCUT2D eigenvalue weighted by atomic mass is 16.5. The highest BCUT2D eigenvalue weighted by Gasteiger charge is 2.16. The maximum absolute atomic E-state index is 12.8. The number of aromatic nitrogens is 4. The van der Waals surface area contributed by atoms with Gasteiger partial charge in [0.15, 0.2) is 0 Å². The lowest BCUT2D eigenvalue weighted by Gasteiger charge is -2.32. The van der Waals surface area contributed by atoms with Crippen LogP contribution in [0.1, 0.15) is 37.0 Å². The van der Waals surface area contributed by atoms with Gasteiger partial charge in [-0.25, -0.2) is 19.7 Å². The smallest absolute Gasteiger partial charge is 0.354 e. The zero-order chi connectivity index (χ0) is 27.4. The van der Waals surface area contributed by atoms with Gasteiger partial charge in [-0.15, -0.1) is 0 Å². The Morgan fingerprint density at radius 2 is 1.74 bits per heavy atom. The van der Waals surface area contributed by atoms with Crippen LogP contribution in [0.2, 0.25) is 0 Å². The van der Waals surface area contributed by atoms with Crippen molar-refractivity contribution in [3.05, 3.63) is 77.5 Å². The van der Waals surface area contributed by atoms with Crippen LogP contribution in [0, 0.1) is 0 Å². The number of carbonyl (C=O) groups is 3. The van der Waals surface area contributed by atoms with E-state index in [1.807, 2.05) is 12.1 Å². The van der Waals surface area contributed by atoms with Crippen LogP contribution in [0.5, 0.6) is 0 Å². The van der Waals surface area contributed by atoms with Crippen molar-refractivity contribution in [2.75, 3.05) is 51.0 Å². The molecule has 3 N–H and O–H groups in total. The molecule has 0 radical (unpaired) electrons. The summed E-state index contributed by atoms with van der Waals surface area (Å²) in [5.41, 5.74) is 2.74. The number of rotatable bonds is 7.